The summed E-state index contributed by atoms with van der Waals surface area (Å²) in [6, 6.07) is 2.13. The normalized spacial score (nSPS) is 22.8. The monoisotopic (exact) mass is 275 g/mol. The van der Waals surface area contributed by atoms with Crippen molar-refractivity contribution in [1.29, 1.82) is 0 Å². The van der Waals surface area contributed by atoms with E-state index in [1.807, 2.05) is 0 Å². The van der Waals surface area contributed by atoms with Crippen LogP contribution in [0.4, 0.5) is 5.82 Å². The van der Waals surface area contributed by atoms with Crippen molar-refractivity contribution in [3.05, 3.63) is 17.6 Å². The summed E-state index contributed by atoms with van der Waals surface area (Å²) in [5.41, 5.74) is 1.20. The summed E-state index contributed by atoms with van der Waals surface area (Å²) >= 11 is 0. The molecule has 1 N–H and O–H groups in total. The summed E-state index contributed by atoms with van der Waals surface area (Å²) in [5.74, 6) is 3.56. The molecule has 0 atom stereocenters. The summed E-state index contributed by atoms with van der Waals surface area (Å²) in [5, 5.41) is 3.43. The van der Waals surface area contributed by atoms with E-state index in [2.05, 4.69) is 32.2 Å². The van der Waals surface area contributed by atoms with Crippen LogP contribution in [-0.2, 0) is 6.42 Å². The lowest BCUT2D eigenvalue weighted by molar-refractivity contribution is 0.339. The van der Waals surface area contributed by atoms with Gasteiger partial charge in [-0.25, -0.2) is 9.97 Å². The van der Waals surface area contributed by atoms with Crippen molar-refractivity contribution in [1.82, 2.24) is 9.97 Å². The molecule has 0 aromatic carbocycles. The van der Waals surface area contributed by atoms with Crippen LogP contribution in [-0.4, -0.2) is 16.5 Å². The lowest BCUT2D eigenvalue weighted by Crippen LogP contribution is -2.15. The van der Waals surface area contributed by atoms with Gasteiger partial charge in [-0.3, -0.25) is 0 Å². The Kier molecular flexibility index (Phi) is 5.81. The van der Waals surface area contributed by atoms with Crippen molar-refractivity contribution in [2.24, 2.45) is 5.92 Å². The molecular weight excluding hydrogens is 246 g/mol. The molecule has 1 fully saturated rings. The van der Waals surface area contributed by atoms with Gasteiger partial charge in [0, 0.05) is 24.2 Å². The molecule has 20 heavy (non-hydrogen) atoms. The minimum atomic E-state index is 0.574. The Morgan fingerprint density at radius 3 is 2.50 bits per heavy atom. The molecule has 1 heterocycles. The van der Waals surface area contributed by atoms with Crippen LogP contribution in [0.25, 0.3) is 0 Å². The van der Waals surface area contributed by atoms with Crippen LogP contribution in [0.3, 0.4) is 0 Å². The first-order chi connectivity index (χ1) is 9.72. The van der Waals surface area contributed by atoms with E-state index in [1.165, 1.54) is 31.4 Å². The van der Waals surface area contributed by atoms with E-state index >= 15 is 0 Å². The Bertz CT molecular complexity index is 409. The van der Waals surface area contributed by atoms with Crippen molar-refractivity contribution in [3.8, 4) is 0 Å². The summed E-state index contributed by atoms with van der Waals surface area (Å²) in [6.07, 6.45) is 8.48. The van der Waals surface area contributed by atoms with Crippen molar-refractivity contribution in [2.45, 2.75) is 71.6 Å². The van der Waals surface area contributed by atoms with Crippen LogP contribution in [0.5, 0.6) is 0 Å². The fourth-order valence-electron chi connectivity index (χ4n) is 2.95. The lowest BCUT2D eigenvalue weighted by Gasteiger charge is -2.25. The number of hydrogen-bond acceptors (Lipinski definition) is 3. The van der Waals surface area contributed by atoms with Crippen molar-refractivity contribution in [2.75, 3.05) is 11.9 Å². The first kappa shape index (κ1) is 15.3. The van der Waals surface area contributed by atoms with Gasteiger partial charge in [0.15, 0.2) is 0 Å². The Morgan fingerprint density at radius 2 is 1.85 bits per heavy atom. The first-order valence-corrected chi connectivity index (χ1v) is 8.34. The SMILES string of the molecule is CCCNc1cc(CCC)nc(C2CCC(C)CC2)n1. The zero-order valence-corrected chi connectivity index (χ0v) is 13.3. The highest BCUT2D eigenvalue weighted by Crippen LogP contribution is 2.34. The molecule has 0 bridgehead atoms. The smallest absolute Gasteiger partial charge is 0.134 e. The minimum Gasteiger partial charge on any atom is -0.370 e. The Morgan fingerprint density at radius 1 is 1.10 bits per heavy atom. The number of rotatable bonds is 6. The number of nitrogens with zero attached hydrogens (tertiary/aromatic N) is 2. The quantitative estimate of drug-likeness (QED) is 0.828. The van der Waals surface area contributed by atoms with Gasteiger partial charge in [-0.15, -0.1) is 0 Å². The van der Waals surface area contributed by atoms with Gasteiger partial charge in [-0.05, 0) is 31.6 Å². The summed E-state index contributed by atoms with van der Waals surface area (Å²) < 4.78 is 0. The fourth-order valence-corrected chi connectivity index (χ4v) is 2.95. The molecule has 1 aliphatic rings. The van der Waals surface area contributed by atoms with Gasteiger partial charge in [0.25, 0.3) is 0 Å². The molecule has 2 rings (SSSR count). The highest BCUT2D eigenvalue weighted by molar-refractivity contribution is 5.36. The van der Waals surface area contributed by atoms with E-state index in [4.69, 9.17) is 9.97 Å². The third-order valence-corrected chi connectivity index (χ3v) is 4.24. The summed E-state index contributed by atoms with van der Waals surface area (Å²) in [4.78, 5) is 9.61. The maximum absolute atomic E-state index is 4.83. The molecular formula is C17H29N3. The third-order valence-electron chi connectivity index (χ3n) is 4.24. The van der Waals surface area contributed by atoms with Crippen LogP contribution >= 0.6 is 0 Å². The number of aryl methyl sites for hydroxylation is 1. The zero-order valence-electron chi connectivity index (χ0n) is 13.3. The molecule has 1 aromatic rings. The number of aromatic nitrogens is 2. The topological polar surface area (TPSA) is 37.8 Å². The number of nitrogens with one attached hydrogen (secondary N) is 1. The highest BCUT2D eigenvalue weighted by Gasteiger charge is 2.22. The van der Waals surface area contributed by atoms with Gasteiger partial charge >= 0.3 is 0 Å². The summed E-state index contributed by atoms with van der Waals surface area (Å²) in [7, 11) is 0. The van der Waals surface area contributed by atoms with Gasteiger partial charge in [-0.2, -0.15) is 0 Å². The van der Waals surface area contributed by atoms with E-state index in [0.717, 1.165) is 43.4 Å². The molecule has 3 heteroatoms. The van der Waals surface area contributed by atoms with Gasteiger partial charge in [0.05, 0.1) is 0 Å². The number of anilines is 1. The molecule has 3 nitrogen and oxygen atoms in total. The predicted molar refractivity (Wildman–Crippen MR) is 85.2 cm³/mol. The van der Waals surface area contributed by atoms with Gasteiger partial charge in [0.2, 0.25) is 0 Å². The average molecular weight is 275 g/mol. The van der Waals surface area contributed by atoms with E-state index in [1.54, 1.807) is 0 Å². The van der Waals surface area contributed by atoms with Crippen LogP contribution in [0.1, 0.15) is 76.7 Å². The number of hydrogen-bond donors (Lipinski definition) is 1. The molecule has 0 radical (unpaired) electrons. The Balaban J connectivity index is 2.15. The average Bonchev–Trinajstić information content (AvgIpc) is 2.46. The second-order valence-corrected chi connectivity index (χ2v) is 6.24. The maximum Gasteiger partial charge on any atom is 0.134 e. The van der Waals surface area contributed by atoms with Gasteiger partial charge in [-0.1, -0.05) is 40.0 Å². The Hall–Kier alpha value is -1.12. The van der Waals surface area contributed by atoms with E-state index < -0.39 is 0 Å². The summed E-state index contributed by atoms with van der Waals surface area (Å²) in [6.45, 7) is 7.75. The molecule has 0 unspecified atom stereocenters. The van der Waals surface area contributed by atoms with Crippen LogP contribution in [0.15, 0.2) is 6.07 Å². The van der Waals surface area contributed by atoms with Gasteiger partial charge < -0.3 is 5.32 Å². The lowest BCUT2D eigenvalue weighted by atomic mass is 9.82. The minimum absolute atomic E-state index is 0.574. The molecule has 1 aromatic heterocycles. The first-order valence-electron chi connectivity index (χ1n) is 8.34. The predicted octanol–water partition coefficient (Wildman–Crippen LogP) is 4.54. The third kappa shape index (κ3) is 4.19. The molecule has 0 spiro atoms. The molecule has 0 aliphatic heterocycles. The second kappa shape index (κ2) is 7.61. The van der Waals surface area contributed by atoms with Crippen molar-refractivity contribution < 1.29 is 0 Å². The zero-order chi connectivity index (χ0) is 14.4. The molecule has 1 aliphatic carbocycles. The highest BCUT2D eigenvalue weighted by atomic mass is 15.0. The molecule has 112 valence electrons. The fraction of sp³-hybridized carbons (Fsp3) is 0.765. The van der Waals surface area contributed by atoms with E-state index in [0.29, 0.717) is 5.92 Å². The van der Waals surface area contributed by atoms with E-state index in [-0.39, 0.29) is 0 Å². The van der Waals surface area contributed by atoms with Crippen molar-refractivity contribution >= 4 is 5.82 Å². The Labute approximate surface area is 123 Å². The largest absolute Gasteiger partial charge is 0.370 e. The van der Waals surface area contributed by atoms with Crippen LogP contribution in [0.2, 0.25) is 0 Å². The van der Waals surface area contributed by atoms with Crippen LogP contribution < -0.4 is 5.32 Å². The second-order valence-electron chi connectivity index (χ2n) is 6.24. The molecule has 0 saturated heterocycles. The maximum atomic E-state index is 4.83. The molecule has 1 saturated carbocycles. The standard InChI is InChI=1S/C17H29N3/c1-4-6-15-12-16(18-11-5-2)20-17(19-15)14-9-7-13(3)8-10-14/h12-14H,4-11H2,1-3H3,(H,18,19,20). The molecule has 0 amide bonds. The van der Waals surface area contributed by atoms with Crippen LogP contribution in [0, 0.1) is 5.92 Å². The van der Waals surface area contributed by atoms with Crippen molar-refractivity contribution in [3.63, 3.8) is 0 Å². The van der Waals surface area contributed by atoms with Gasteiger partial charge in [0.1, 0.15) is 11.6 Å². The van der Waals surface area contributed by atoms with E-state index in [9.17, 15) is 0 Å².